The third-order valence-electron chi connectivity index (χ3n) is 3.33. The SMILES string of the molecule is Cc1n[nH]c(=S)n1/N=C\c1ccccc1OCc1cccc(Cl)c1. The molecule has 0 aliphatic rings. The van der Waals surface area contributed by atoms with Crippen LogP contribution in [0.4, 0.5) is 0 Å². The average molecular weight is 359 g/mol. The van der Waals surface area contributed by atoms with Crippen LogP contribution in [0.25, 0.3) is 0 Å². The van der Waals surface area contributed by atoms with E-state index in [2.05, 4.69) is 15.3 Å². The van der Waals surface area contributed by atoms with Gasteiger partial charge in [0.2, 0.25) is 4.77 Å². The number of hydrogen-bond acceptors (Lipinski definition) is 4. The van der Waals surface area contributed by atoms with E-state index in [0.717, 1.165) is 16.9 Å². The minimum Gasteiger partial charge on any atom is -0.488 e. The quantitative estimate of drug-likeness (QED) is 0.544. The van der Waals surface area contributed by atoms with Gasteiger partial charge in [0.05, 0.1) is 6.21 Å². The Hall–Kier alpha value is -2.44. The highest BCUT2D eigenvalue weighted by atomic mass is 35.5. The minimum atomic E-state index is 0.426. The summed E-state index contributed by atoms with van der Waals surface area (Å²) in [5, 5.41) is 11.8. The van der Waals surface area contributed by atoms with Gasteiger partial charge in [0.1, 0.15) is 18.2 Å². The van der Waals surface area contributed by atoms with E-state index in [0.29, 0.717) is 22.2 Å². The summed E-state index contributed by atoms with van der Waals surface area (Å²) in [7, 11) is 0. The van der Waals surface area contributed by atoms with Crippen molar-refractivity contribution in [2.24, 2.45) is 5.10 Å². The second kappa shape index (κ2) is 7.42. The number of hydrogen-bond donors (Lipinski definition) is 1. The van der Waals surface area contributed by atoms with Crippen LogP contribution in [0, 0.1) is 11.7 Å². The maximum absolute atomic E-state index is 6.00. The topological polar surface area (TPSA) is 55.2 Å². The first-order chi connectivity index (χ1) is 11.6. The molecule has 1 N–H and O–H groups in total. The summed E-state index contributed by atoms with van der Waals surface area (Å²) in [4.78, 5) is 0. The number of benzene rings is 2. The minimum absolute atomic E-state index is 0.426. The predicted octanol–water partition coefficient (Wildman–Crippen LogP) is 4.36. The molecule has 0 amide bonds. The zero-order valence-corrected chi connectivity index (χ0v) is 14.5. The van der Waals surface area contributed by atoms with Gasteiger partial charge >= 0.3 is 0 Å². The highest BCUT2D eigenvalue weighted by Crippen LogP contribution is 2.19. The number of nitrogens with one attached hydrogen (secondary N) is 1. The van der Waals surface area contributed by atoms with Gasteiger partial charge in [0.25, 0.3) is 0 Å². The van der Waals surface area contributed by atoms with E-state index in [-0.39, 0.29) is 0 Å². The lowest BCUT2D eigenvalue weighted by atomic mass is 10.2. The Bertz CT molecular complexity index is 932. The van der Waals surface area contributed by atoms with Crippen LogP contribution in [-0.4, -0.2) is 21.1 Å². The van der Waals surface area contributed by atoms with Gasteiger partial charge in [-0.25, -0.2) is 0 Å². The van der Waals surface area contributed by atoms with E-state index in [1.165, 1.54) is 0 Å². The molecule has 0 spiro atoms. The Morgan fingerprint density at radius 3 is 2.88 bits per heavy atom. The first-order valence-electron chi connectivity index (χ1n) is 7.28. The molecule has 2 aromatic carbocycles. The molecule has 0 saturated carbocycles. The second-order valence-electron chi connectivity index (χ2n) is 5.09. The van der Waals surface area contributed by atoms with Crippen molar-refractivity contribution in [1.29, 1.82) is 0 Å². The van der Waals surface area contributed by atoms with Gasteiger partial charge in [-0.2, -0.15) is 14.9 Å². The van der Waals surface area contributed by atoms with Crippen molar-refractivity contribution >= 4 is 30.0 Å². The number of aryl methyl sites for hydroxylation is 1. The third kappa shape index (κ3) is 3.90. The normalized spacial score (nSPS) is 11.1. The largest absolute Gasteiger partial charge is 0.488 e. The number of aromatic amines is 1. The molecule has 1 aromatic heterocycles. The van der Waals surface area contributed by atoms with Crippen molar-refractivity contribution in [3.05, 3.63) is 75.3 Å². The lowest BCUT2D eigenvalue weighted by Gasteiger charge is -2.09. The van der Waals surface area contributed by atoms with Crippen molar-refractivity contribution in [1.82, 2.24) is 14.9 Å². The average Bonchev–Trinajstić information content (AvgIpc) is 2.90. The lowest BCUT2D eigenvalue weighted by molar-refractivity contribution is 0.306. The zero-order chi connectivity index (χ0) is 16.9. The monoisotopic (exact) mass is 358 g/mol. The third-order valence-corrected chi connectivity index (χ3v) is 3.83. The fraction of sp³-hybridized carbons (Fsp3) is 0.118. The smallest absolute Gasteiger partial charge is 0.216 e. The molecule has 122 valence electrons. The van der Waals surface area contributed by atoms with Crippen molar-refractivity contribution in [2.45, 2.75) is 13.5 Å². The van der Waals surface area contributed by atoms with Gasteiger partial charge in [0.15, 0.2) is 0 Å². The molecule has 0 unspecified atom stereocenters. The summed E-state index contributed by atoms with van der Waals surface area (Å²) in [5.74, 6) is 1.42. The number of ether oxygens (including phenoxy) is 1. The number of halogens is 1. The maximum Gasteiger partial charge on any atom is 0.216 e. The molecule has 0 bridgehead atoms. The molecule has 0 atom stereocenters. The Morgan fingerprint density at radius 1 is 1.29 bits per heavy atom. The second-order valence-corrected chi connectivity index (χ2v) is 5.91. The fourth-order valence-corrected chi connectivity index (χ4v) is 2.57. The molecule has 0 saturated heterocycles. The highest BCUT2D eigenvalue weighted by Gasteiger charge is 2.03. The first kappa shape index (κ1) is 16.4. The van der Waals surface area contributed by atoms with Crippen LogP contribution in [-0.2, 0) is 6.61 Å². The molecule has 5 nitrogen and oxygen atoms in total. The summed E-state index contributed by atoms with van der Waals surface area (Å²) in [5.41, 5.74) is 1.85. The number of para-hydroxylation sites is 1. The molecule has 0 aliphatic carbocycles. The Balaban J connectivity index is 1.79. The van der Waals surface area contributed by atoms with Crippen molar-refractivity contribution in [2.75, 3.05) is 0 Å². The van der Waals surface area contributed by atoms with Gasteiger partial charge in [0, 0.05) is 10.6 Å². The van der Waals surface area contributed by atoms with Gasteiger partial charge in [-0.3, -0.25) is 5.10 Å². The van der Waals surface area contributed by atoms with Crippen molar-refractivity contribution in [3.8, 4) is 5.75 Å². The molecule has 1 heterocycles. The van der Waals surface area contributed by atoms with Crippen LogP contribution < -0.4 is 4.74 Å². The van der Waals surface area contributed by atoms with E-state index in [1.807, 2.05) is 55.5 Å². The lowest BCUT2D eigenvalue weighted by Crippen LogP contribution is -1.99. The molecule has 0 radical (unpaired) electrons. The van der Waals surface area contributed by atoms with Gasteiger partial charge in [-0.15, -0.1) is 0 Å². The Morgan fingerprint density at radius 2 is 2.12 bits per heavy atom. The van der Waals surface area contributed by atoms with Crippen LogP contribution in [0.1, 0.15) is 17.0 Å². The van der Waals surface area contributed by atoms with Crippen LogP contribution in [0.15, 0.2) is 53.6 Å². The van der Waals surface area contributed by atoms with Crippen molar-refractivity contribution < 1.29 is 4.74 Å². The van der Waals surface area contributed by atoms with E-state index in [1.54, 1.807) is 10.9 Å². The number of rotatable bonds is 5. The molecular formula is C17H15ClN4OS. The number of nitrogens with zero attached hydrogens (tertiary/aromatic N) is 3. The van der Waals surface area contributed by atoms with Crippen LogP contribution in [0.3, 0.4) is 0 Å². The molecule has 3 aromatic rings. The first-order valence-corrected chi connectivity index (χ1v) is 8.07. The van der Waals surface area contributed by atoms with E-state index in [9.17, 15) is 0 Å². The molecule has 0 fully saturated rings. The maximum atomic E-state index is 6.00. The van der Waals surface area contributed by atoms with Crippen LogP contribution in [0.5, 0.6) is 5.75 Å². The van der Waals surface area contributed by atoms with E-state index in [4.69, 9.17) is 28.6 Å². The summed E-state index contributed by atoms with van der Waals surface area (Å²) in [6.07, 6.45) is 1.70. The molecule has 24 heavy (non-hydrogen) atoms. The van der Waals surface area contributed by atoms with E-state index >= 15 is 0 Å². The van der Waals surface area contributed by atoms with E-state index < -0.39 is 0 Å². The van der Waals surface area contributed by atoms with Crippen molar-refractivity contribution in [3.63, 3.8) is 0 Å². The summed E-state index contributed by atoms with van der Waals surface area (Å²) >= 11 is 11.1. The Kier molecular flexibility index (Phi) is 5.08. The molecule has 7 heteroatoms. The van der Waals surface area contributed by atoms with Gasteiger partial charge < -0.3 is 4.74 Å². The molecule has 0 aliphatic heterocycles. The van der Waals surface area contributed by atoms with Crippen LogP contribution >= 0.6 is 23.8 Å². The number of aromatic nitrogens is 3. The molecule has 3 rings (SSSR count). The Labute approximate surface area is 149 Å². The van der Waals surface area contributed by atoms with Gasteiger partial charge in [-0.1, -0.05) is 35.9 Å². The number of H-pyrrole nitrogens is 1. The summed E-state index contributed by atoms with van der Waals surface area (Å²) in [6.45, 7) is 2.25. The highest BCUT2D eigenvalue weighted by molar-refractivity contribution is 7.71. The molecular weight excluding hydrogens is 344 g/mol. The summed E-state index contributed by atoms with van der Waals surface area (Å²) in [6, 6.07) is 15.3. The summed E-state index contributed by atoms with van der Waals surface area (Å²) < 4.78 is 7.90. The predicted molar refractivity (Wildman–Crippen MR) is 97.4 cm³/mol. The standard InChI is InChI=1S/C17H15ClN4OS/c1-12-20-21-17(24)22(12)19-10-14-6-2-3-8-16(14)23-11-13-5-4-7-15(18)9-13/h2-10H,11H2,1H3,(H,21,24)/b19-10-. The van der Waals surface area contributed by atoms with Crippen LogP contribution in [0.2, 0.25) is 5.02 Å². The van der Waals surface area contributed by atoms with Gasteiger partial charge in [-0.05, 0) is 49.0 Å². The fourth-order valence-electron chi connectivity index (χ4n) is 2.13. The zero-order valence-electron chi connectivity index (χ0n) is 12.9.